The zero-order valence-corrected chi connectivity index (χ0v) is 8.00. The molecule has 0 bridgehead atoms. The maximum absolute atomic E-state index is 11.3. The van der Waals surface area contributed by atoms with Gasteiger partial charge in [-0.15, -0.1) is 0 Å². The fourth-order valence-electron chi connectivity index (χ4n) is 0.735. The Hall–Kier alpha value is -0.610. The van der Waals surface area contributed by atoms with Crippen molar-refractivity contribution < 1.29 is 9.90 Å². The molecule has 0 radical (unpaired) electrons. The van der Waals surface area contributed by atoms with Crippen molar-refractivity contribution in [3.05, 3.63) is 0 Å². The zero-order chi connectivity index (χ0) is 9.78. The van der Waals surface area contributed by atoms with E-state index in [0.29, 0.717) is 13.0 Å². The molecule has 0 unspecified atom stereocenters. The molecular weight excluding hydrogens is 156 g/mol. The van der Waals surface area contributed by atoms with E-state index in [4.69, 9.17) is 10.8 Å². The van der Waals surface area contributed by atoms with Gasteiger partial charge in [-0.3, -0.25) is 4.79 Å². The van der Waals surface area contributed by atoms with Crippen molar-refractivity contribution in [2.45, 2.75) is 25.8 Å². The predicted octanol–water partition coefficient (Wildman–Crippen LogP) is -0.435. The summed E-state index contributed by atoms with van der Waals surface area (Å²) in [7, 11) is 1.67. The molecule has 4 heteroatoms. The van der Waals surface area contributed by atoms with E-state index in [2.05, 4.69) is 0 Å². The number of aliphatic hydroxyl groups is 1. The van der Waals surface area contributed by atoms with Gasteiger partial charge in [0.2, 0.25) is 5.91 Å². The fourth-order valence-corrected chi connectivity index (χ4v) is 0.735. The molecule has 3 N–H and O–H groups in total. The SMILES string of the molecule is CN(C(=O)CCN)C(C)(C)CO. The van der Waals surface area contributed by atoms with Gasteiger partial charge >= 0.3 is 0 Å². The van der Waals surface area contributed by atoms with Crippen molar-refractivity contribution in [2.75, 3.05) is 20.2 Å². The Labute approximate surface area is 73.3 Å². The summed E-state index contributed by atoms with van der Waals surface area (Å²) in [4.78, 5) is 12.8. The maximum atomic E-state index is 11.3. The topological polar surface area (TPSA) is 66.6 Å². The van der Waals surface area contributed by atoms with Gasteiger partial charge in [0, 0.05) is 20.0 Å². The summed E-state index contributed by atoms with van der Waals surface area (Å²) < 4.78 is 0. The van der Waals surface area contributed by atoms with E-state index in [1.165, 1.54) is 4.90 Å². The van der Waals surface area contributed by atoms with Crippen molar-refractivity contribution >= 4 is 5.91 Å². The lowest BCUT2D eigenvalue weighted by Gasteiger charge is -2.33. The van der Waals surface area contributed by atoms with Crippen LogP contribution in [0.2, 0.25) is 0 Å². The van der Waals surface area contributed by atoms with Crippen LogP contribution >= 0.6 is 0 Å². The minimum Gasteiger partial charge on any atom is -0.394 e. The molecule has 0 aliphatic carbocycles. The number of carbonyl (C=O) groups is 1. The number of aliphatic hydroxyl groups excluding tert-OH is 1. The van der Waals surface area contributed by atoms with E-state index >= 15 is 0 Å². The third-order valence-electron chi connectivity index (χ3n) is 2.03. The van der Waals surface area contributed by atoms with Crippen LogP contribution < -0.4 is 5.73 Å². The van der Waals surface area contributed by atoms with Crippen LogP contribution in [0.5, 0.6) is 0 Å². The highest BCUT2D eigenvalue weighted by molar-refractivity contribution is 5.76. The lowest BCUT2D eigenvalue weighted by atomic mass is 10.0. The number of rotatable bonds is 4. The van der Waals surface area contributed by atoms with Crippen molar-refractivity contribution in [3.8, 4) is 0 Å². The van der Waals surface area contributed by atoms with Crippen LogP contribution in [0.25, 0.3) is 0 Å². The number of hydrogen-bond donors (Lipinski definition) is 2. The molecule has 0 rings (SSSR count). The first-order valence-electron chi connectivity index (χ1n) is 4.03. The standard InChI is InChI=1S/C8H18N2O2/c1-8(2,6-11)10(3)7(12)4-5-9/h11H,4-6,9H2,1-3H3. The minimum atomic E-state index is -0.494. The first-order valence-corrected chi connectivity index (χ1v) is 4.03. The number of likely N-dealkylation sites (N-methyl/N-ethyl adjacent to an activating group) is 1. The molecule has 0 heterocycles. The highest BCUT2D eigenvalue weighted by atomic mass is 16.3. The summed E-state index contributed by atoms with van der Waals surface area (Å²) in [5.41, 5.74) is 4.75. The summed E-state index contributed by atoms with van der Waals surface area (Å²) in [6.07, 6.45) is 0.333. The average Bonchev–Trinajstić information content (AvgIpc) is 2.03. The molecule has 0 aliphatic rings. The Morgan fingerprint density at radius 3 is 2.42 bits per heavy atom. The number of nitrogens with two attached hydrogens (primary N) is 1. The Bertz CT molecular complexity index is 157. The van der Waals surface area contributed by atoms with Gasteiger partial charge < -0.3 is 15.7 Å². The van der Waals surface area contributed by atoms with Gasteiger partial charge in [-0.05, 0) is 13.8 Å². The third-order valence-corrected chi connectivity index (χ3v) is 2.03. The van der Waals surface area contributed by atoms with Crippen LogP contribution in [0.15, 0.2) is 0 Å². The van der Waals surface area contributed by atoms with E-state index in [0.717, 1.165) is 0 Å². The van der Waals surface area contributed by atoms with E-state index in [1.54, 1.807) is 20.9 Å². The normalized spacial score (nSPS) is 11.4. The third kappa shape index (κ3) is 2.79. The van der Waals surface area contributed by atoms with Gasteiger partial charge in [0.25, 0.3) is 0 Å². The van der Waals surface area contributed by atoms with Crippen molar-refractivity contribution in [1.29, 1.82) is 0 Å². The Balaban J connectivity index is 4.17. The molecular formula is C8H18N2O2. The van der Waals surface area contributed by atoms with Gasteiger partial charge in [-0.1, -0.05) is 0 Å². The number of amides is 1. The van der Waals surface area contributed by atoms with E-state index in [9.17, 15) is 4.79 Å². The molecule has 0 fully saturated rings. The lowest BCUT2D eigenvalue weighted by molar-refractivity contribution is -0.135. The van der Waals surface area contributed by atoms with Crippen LogP contribution in [-0.4, -0.2) is 41.7 Å². The summed E-state index contributed by atoms with van der Waals surface area (Å²) in [6.45, 7) is 3.92. The second kappa shape index (κ2) is 4.42. The minimum absolute atomic E-state index is 0.0310. The second-order valence-corrected chi connectivity index (χ2v) is 3.46. The van der Waals surface area contributed by atoms with Crippen molar-refractivity contribution in [2.24, 2.45) is 5.73 Å². The molecule has 0 aromatic heterocycles. The smallest absolute Gasteiger partial charge is 0.224 e. The van der Waals surface area contributed by atoms with Gasteiger partial charge in [-0.2, -0.15) is 0 Å². The Morgan fingerprint density at radius 2 is 2.08 bits per heavy atom. The molecule has 0 aromatic carbocycles. The molecule has 0 saturated carbocycles. The summed E-state index contributed by atoms with van der Waals surface area (Å²) >= 11 is 0. The largest absolute Gasteiger partial charge is 0.394 e. The first kappa shape index (κ1) is 11.4. The van der Waals surface area contributed by atoms with E-state index < -0.39 is 5.54 Å². The number of nitrogens with zero attached hydrogens (tertiary/aromatic N) is 1. The second-order valence-electron chi connectivity index (χ2n) is 3.46. The molecule has 0 aromatic rings. The molecule has 4 nitrogen and oxygen atoms in total. The van der Waals surface area contributed by atoms with Crippen LogP contribution in [0.1, 0.15) is 20.3 Å². The van der Waals surface area contributed by atoms with Crippen LogP contribution in [-0.2, 0) is 4.79 Å². The molecule has 0 spiro atoms. The summed E-state index contributed by atoms with van der Waals surface area (Å²) in [6, 6.07) is 0. The Kier molecular flexibility index (Phi) is 4.20. The predicted molar refractivity (Wildman–Crippen MR) is 47.6 cm³/mol. The van der Waals surface area contributed by atoms with Gasteiger partial charge in [0.05, 0.1) is 12.1 Å². The highest BCUT2D eigenvalue weighted by Crippen LogP contribution is 2.11. The van der Waals surface area contributed by atoms with Gasteiger partial charge in [0.15, 0.2) is 0 Å². The average molecular weight is 174 g/mol. The van der Waals surface area contributed by atoms with Gasteiger partial charge in [0.1, 0.15) is 0 Å². The fraction of sp³-hybridized carbons (Fsp3) is 0.875. The highest BCUT2D eigenvalue weighted by Gasteiger charge is 2.25. The Morgan fingerprint density at radius 1 is 1.58 bits per heavy atom. The van der Waals surface area contributed by atoms with Crippen LogP contribution in [0.3, 0.4) is 0 Å². The molecule has 1 amide bonds. The molecule has 0 aliphatic heterocycles. The summed E-state index contributed by atoms with van der Waals surface area (Å²) in [5, 5.41) is 8.96. The van der Waals surface area contributed by atoms with Gasteiger partial charge in [-0.25, -0.2) is 0 Å². The van der Waals surface area contributed by atoms with Crippen LogP contribution in [0, 0.1) is 0 Å². The monoisotopic (exact) mass is 174 g/mol. The van der Waals surface area contributed by atoms with Crippen LogP contribution in [0.4, 0.5) is 0 Å². The molecule has 0 saturated heterocycles. The quantitative estimate of drug-likeness (QED) is 0.607. The van der Waals surface area contributed by atoms with E-state index in [-0.39, 0.29) is 12.5 Å². The number of hydrogen-bond acceptors (Lipinski definition) is 3. The molecule has 0 atom stereocenters. The van der Waals surface area contributed by atoms with Crippen molar-refractivity contribution in [3.63, 3.8) is 0 Å². The zero-order valence-electron chi connectivity index (χ0n) is 8.00. The van der Waals surface area contributed by atoms with Crippen molar-refractivity contribution in [1.82, 2.24) is 4.90 Å². The molecule has 12 heavy (non-hydrogen) atoms. The number of carbonyl (C=O) groups excluding carboxylic acids is 1. The first-order chi connectivity index (χ1) is 5.45. The van der Waals surface area contributed by atoms with E-state index in [1.807, 2.05) is 0 Å². The summed E-state index contributed by atoms with van der Waals surface area (Å²) in [5.74, 6) is -0.0310. The molecule has 72 valence electrons. The maximum Gasteiger partial charge on any atom is 0.224 e. The lowest BCUT2D eigenvalue weighted by Crippen LogP contribution is -2.48.